The van der Waals surface area contributed by atoms with E-state index in [0.29, 0.717) is 5.02 Å². The third-order valence-corrected chi connectivity index (χ3v) is 3.89. The fourth-order valence-electron chi connectivity index (χ4n) is 2.43. The highest BCUT2D eigenvalue weighted by Gasteiger charge is 2.07. The van der Waals surface area contributed by atoms with E-state index in [0.717, 1.165) is 35.9 Å². The average Bonchev–Trinajstić information content (AvgIpc) is 3.04. The minimum atomic E-state index is 0.714. The second-order valence-corrected chi connectivity index (χ2v) is 5.76. The molecule has 2 aromatic carbocycles. The number of rotatable bonds is 6. The van der Waals surface area contributed by atoms with Gasteiger partial charge in [-0.15, -0.1) is 0 Å². The van der Waals surface area contributed by atoms with Gasteiger partial charge in [-0.3, -0.25) is 0 Å². The van der Waals surface area contributed by atoms with E-state index in [1.54, 1.807) is 7.11 Å². The molecule has 0 spiro atoms. The molecular weight excluding hydrogens is 310 g/mol. The van der Waals surface area contributed by atoms with Crippen molar-refractivity contribution in [2.75, 3.05) is 7.11 Å². The van der Waals surface area contributed by atoms with Crippen LogP contribution in [0.4, 0.5) is 0 Å². The van der Waals surface area contributed by atoms with Crippen LogP contribution in [-0.4, -0.2) is 7.11 Å². The molecule has 118 valence electrons. The van der Waals surface area contributed by atoms with E-state index in [9.17, 15) is 0 Å². The van der Waals surface area contributed by atoms with Crippen LogP contribution in [0.25, 0.3) is 11.3 Å². The maximum Gasteiger partial charge on any atom is 0.158 e. The third kappa shape index (κ3) is 4.15. The highest BCUT2D eigenvalue weighted by atomic mass is 35.5. The van der Waals surface area contributed by atoms with E-state index >= 15 is 0 Å². The molecule has 2 N–H and O–H groups in total. The van der Waals surface area contributed by atoms with Crippen LogP contribution in [0.2, 0.25) is 5.02 Å². The second kappa shape index (κ2) is 7.36. The molecule has 0 aliphatic rings. The number of nitrogens with two attached hydrogens (primary N) is 1. The fourth-order valence-corrected chi connectivity index (χ4v) is 2.62. The van der Waals surface area contributed by atoms with Crippen LogP contribution < -0.4 is 10.1 Å². The first-order valence-electron chi connectivity index (χ1n) is 7.54. The summed E-state index contributed by atoms with van der Waals surface area (Å²) >= 11 is 6.02. The summed E-state index contributed by atoms with van der Waals surface area (Å²) in [6.07, 6.45) is 0. The van der Waals surface area contributed by atoms with Crippen molar-refractivity contribution in [1.82, 2.24) is 0 Å². The fraction of sp³-hybridized carbons (Fsp3) is 0.158. The minimum absolute atomic E-state index is 0.714. The predicted octanol–water partition coefficient (Wildman–Crippen LogP) is 3.87. The molecular formula is C19H19ClNO2+. The maximum atomic E-state index is 6.02. The summed E-state index contributed by atoms with van der Waals surface area (Å²) in [7, 11) is 1.68. The summed E-state index contributed by atoms with van der Waals surface area (Å²) < 4.78 is 11.1. The number of quaternary nitrogens is 1. The molecule has 0 saturated heterocycles. The molecule has 0 bridgehead atoms. The molecule has 3 nitrogen and oxygen atoms in total. The van der Waals surface area contributed by atoms with Gasteiger partial charge in [-0.2, -0.15) is 0 Å². The molecule has 0 saturated carbocycles. The zero-order valence-electron chi connectivity index (χ0n) is 13.0. The van der Waals surface area contributed by atoms with Crippen LogP contribution in [0, 0.1) is 0 Å². The van der Waals surface area contributed by atoms with E-state index in [4.69, 9.17) is 20.8 Å². The molecule has 0 atom stereocenters. The molecule has 4 heteroatoms. The van der Waals surface area contributed by atoms with Crippen LogP contribution >= 0.6 is 11.6 Å². The lowest BCUT2D eigenvalue weighted by molar-refractivity contribution is -0.687. The first-order chi connectivity index (χ1) is 11.2. The van der Waals surface area contributed by atoms with Crippen LogP contribution in [0.5, 0.6) is 5.75 Å². The summed E-state index contributed by atoms with van der Waals surface area (Å²) in [4.78, 5) is 0. The first-order valence-corrected chi connectivity index (χ1v) is 7.91. The highest BCUT2D eigenvalue weighted by molar-refractivity contribution is 6.30. The van der Waals surface area contributed by atoms with Crippen molar-refractivity contribution in [3.63, 3.8) is 0 Å². The van der Waals surface area contributed by atoms with Crippen LogP contribution in [-0.2, 0) is 13.1 Å². The lowest BCUT2D eigenvalue weighted by Crippen LogP contribution is -2.80. The lowest BCUT2D eigenvalue weighted by Gasteiger charge is -2.03. The van der Waals surface area contributed by atoms with E-state index in [-0.39, 0.29) is 0 Å². The zero-order chi connectivity index (χ0) is 16.1. The molecule has 0 amide bonds. The summed E-state index contributed by atoms with van der Waals surface area (Å²) in [6, 6.07) is 19.8. The maximum absolute atomic E-state index is 6.02. The van der Waals surface area contributed by atoms with Crippen molar-refractivity contribution in [3.05, 3.63) is 77.0 Å². The van der Waals surface area contributed by atoms with Crippen LogP contribution in [0.3, 0.4) is 0 Å². The Morgan fingerprint density at radius 1 is 1.00 bits per heavy atom. The van der Waals surface area contributed by atoms with E-state index < -0.39 is 0 Å². The Kier molecular flexibility index (Phi) is 5.01. The Balaban J connectivity index is 1.56. The highest BCUT2D eigenvalue weighted by Crippen LogP contribution is 2.24. The number of methoxy groups -OCH3 is 1. The van der Waals surface area contributed by atoms with Gasteiger partial charge in [0.25, 0.3) is 0 Å². The van der Waals surface area contributed by atoms with Crippen molar-refractivity contribution in [1.29, 1.82) is 0 Å². The van der Waals surface area contributed by atoms with Crippen LogP contribution in [0.15, 0.2) is 65.1 Å². The molecule has 23 heavy (non-hydrogen) atoms. The second-order valence-electron chi connectivity index (χ2n) is 5.32. The van der Waals surface area contributed by atoms with E-state index in [1.165, 1.54) is 5.56 Å². The molecule has 3 aromatic rings. The molecule has 0 fully saturated rings. The number of benzene rings is 2. The van der Waals surface area contributed by atoms with Gasteiger partial charge in [0, 0.05) is 16.1 Å². The summed E-state index contributed by atoms with van der Waals surface area (Å²) in [5.41, 5.74) is 2.26. The quantitative estimate of drug-likeness (QED) is 0.746. The standard InChI is InChI=1S/C19H18ClNO2/c1-22-17-7-5-14(6-8-17)12-21-13-18-9-10-19(23-18)15-3-2-4-16(20)11-15/h2-11,21H,12-13H2,1H3/p+1. The van der Waals surface area contributed by atoms with E-state index in [2.05, 4.69) is 17.4 Å². The van der Waals surface area contributed by atoms with Gasteiger partial charge in [-0.25, -0.2) is 0 Å². The lowest BCUT2D eigenvalue weighted by atomic mass is 10.2. The van der Waals surface area contributed by atoms with Crippen molar-refractivity contribution in [3.8, 4) is 17.1 Å². The van der Waals surface area contributed by atoms with Crippen molar-refractivity contribution >= 4 is 11.6 Å². The van der Waals surface area contributed by atoms with Gasteiger partial charge in [-0.05, 0) is 48.5 Å². The van der Waals surface area contributed by atoms with Gasteiger partial charge in [0.1, 0.15) is 24.6 Å². The molecule has 0 aliphatic heterocycles. The van der Waals surface area contributed by atoms with Crippen molar-refractivity contribution < 1.29 is 14.5 Å². The Morgan fingerprint density at radius 3 is 2.57 bits per heavy atom. The number of halogens is 1. The number of hydrogen-bond donors (Lipinski definition) is 1. The summed E-state index contributed by atoms with van der Waals surface area (Å²) in [5, 5.41) is 2.93. The SMILES string of the molecule is COc1ccc(C[NH2+]Cc2ccc(-c3cccc(Cl)c3)o2)cc1. The zero-order valence-corrected chi connectivity index (χ0v) is 13.7. The van der Waals surface area contributed by atoms with Crippen molar-refractivity contribution in [2.24, 2.45) is 0 Å². The summed E-state index contributed by atoms with van der Waals surface area (Å²) in [6.45, 7) is 1.70. The van der Waals surface area contributed by atoms with E-state index in [1.807, 2.05) is 48.5 Å². The van der Waals surface area contributed by atoms with Gasteiger partial charge in [-0.1, -0.05) is 23.7 Å². The normalized spacial score (nSPS) is 10.7. The molecule has 0 radical (unpaired) electrons. The summed E-state index contributed by atoms with van der Waals surface area (Å²) in [5.74, 6) is 2.68. The molecule has 1 heterocycles. The predicted molar refractivity (Wildman–Crippen MR) is 91.5 cm³/mol. The minimum Gasteiger partial charge on any atom is -0.497 e. The monoisotopic (exact) mass is 328 g/mol. The molecule has 1 aromatic heterocycles. The largest absolute Gasteiger partial charge is 0.497 e. The molecule has 0 aliphatic carbocycles. The number of hydrogen-bond acceptors (Lipinski definition) is 2. The first kappa shape index (κ1) is 15.7. The van der Waals surface area contributed by atoms with Gasteiger partial charge < -0.3 is 14.5 Å². The van der Waals surface area contributed by atoms with Crippen molar-refractivity contribution in [2.45, 2.75) is 13.1 Å². The average molecular weight is 329 g/mol. The Hall–Kier alpha value is -2.23. The number of ether oxygens (including phenoxy) is 1. The Labute approximate surface area is 140 Å². The van der Waals surface area contributed by atoms with Gasteiger partial charge in [0.15, 0.2) is 5.76 Å². The Bertz CT molecular complexity index is 765. The Morgan fingerprint density at radius 2 is 1.83 bits per heavy atom. The van der Waals surface area contributed by atoms with Gasteiger partial charge in [0.2, 0.25) is 0 Å². The van der Waals surface area contributed by atoms with Gasteiger partial charge in [0.05, 0.1) is 7.11 Å². The number of furan rings is 1. The molecule has 3 rings (SSSR count). The third-order valence-electron chi connectivity index (χ3n) is 3.66. The molecule has 0 unspecified atom stereocenters. The van der Waals surface area contributed by atoms with Crippen LogP contribution in [0.1, 0.15) is 11.3 Å². The van der Waals surface area contributed by atoms with Gasteiger partial charge >= 0.3 is 0 Å². The topological polar surface area (TPSA) is 39.0 Å². The smallest absolute Gasteiger partial charge is 0.158 e.